The Labute approximate surface area is 72.4 Å². The maximum Gasteiger partial charge on any atom is 0.135 e. The zero-order valence-electron chi connectivity index (χ0n) is 6.98. The van der Waals surface area contributed by atoms with Crippen LogP contribution in [0.15, 0.2) is 30.6 Å². The van der Waals surface area contributed by atoms with Gasteiger partial charge in [0.1, 0.15) is 5.82 Å². The summed E-state index contributed by atoms with van der Waals surface area (Å²) >= 11 is 0. The molecule has 2 heteroatoms. The molecule has 0 N–H and O–H groups in total. The van der Waals surface area contributed by atoms with Crippen LogP contribution in [0.3, 0.4) is 0 Å². The number of hydrogen-bond acceptors (Lipinski definition) is 2. The van der Waals surface area contributed by atoms with Crippen LogP contribution in [0.4, 0.5) is 0 Å². The van der Waals surface area contributed by atoms with Crippen LogP contribution >= 0.6 is 0 Å². The predicted molar refractivity (Wildman–Crippen MR) is 47.8 cm³/mol. The summed E-state index contributed by atoms with van der Waals surface area (Å²) in [6, 6.07) is 1.86. The molecular formula is C10H12N2. The Balaban J connectivity index is 2.19. The molecule has 2 rings (SSSR count). The molecular weight excluding hydrogens is 148 g/mol. The quantitative estimate of drug-likeness (QED) is 0.589. The second-order valence-corrected chi connectivity index (χ2v) is 3.07. The van der Waals surface area contributed by atoms with E-state index in [1.54, 1.807) is 0 Å². The summed E-state index contributed by atoms with van der Waals surface area (Å²) in [5, 5.41) is 0. The van der Waals surface area contributed by atoms with Gasteiger partial charge in [0.05, 0.1) is 0 Å². The van der Waals surface area contributed by atoms with Gasteiger partial charge in [-0.2, -0.15) is 0 Å². The number of hydrogen-bond donors (Lipinski definition) is 0. The minimum atomic E-state index is 0.458. The van der Waals surface area contributed by atoms with Gasteiger partial charge in [0.25, 0.3) is 0 Å². The third kappa shape index (κ3) is 1.52. The van der Waals surface area contributed by atoms with Gasteiger partial charge in [0.15, 0.2) is 0 Å². The Morgan fingerprint density at radius 2 is 2.08 bits per heavy atom. The highest BCUT2D eigenvalue weighted by atomic mass is 14.9. The summed E-state index contributed by atoms with van der Waals surface area (Å²) in [5.74, 6) is 1.42. The Morgan fingerprint density at radius 1 is 1.25 bits per heavy atom. The van der Waals surface area contributed by atoms with Gasteiger partial charge < -0.3 is 0 Å². The molecule has 1 aliphatic rings. The minimum Gasteiger partial charge on any atom is -0.241 e. The summed E-state index contributed by atoms with van der Waals surface area (Å²) in [6.07, 6.45) is 11.7. The molecule has 12 heavy (non-hydrogen) atoms. The van der Waals surface area contributed by atoms with Crippen molar-refractivity contribution in [1.29, 1.82) is 0 Å². The summed E-state index contributed by atoms with van der Waals surface area (Å²) in [4.78, 5) is 8.48. The van der Waals surface area contributed by atoms with E-state index in [1.165, 1.54) is 19.3 Å². The van der Waals surface area contributed by atoms with E-state index in [9.17, 15) is 0 Å². The Morgan fingerprint density at radius 3 is 2.75 bits per heavy atom. The van der Waals surface area contributed by atoms with Crippen LogP contribution in [0.5, 0.6) is 0 Å². The molecule has 1 atom stereocenters. The fourth-order valence-corrected chi connectivity index (χ4v) is 1.53. The van der Waals surface area contributed by atoms with Gasteiger partial charge in [-0.3, -0.25) is 0 Å². The van der Waals surface area contributed by atoms with E-state index in [2.05, 4.69) is 22.1 Å². The van der Waals surface area contributed by atoms with Gasteiger partial charge in [0.2, 0.25) is 0 Å². The van der Waals surface area contributed by atoms with Crippen molar-refractivity contribution in [3.8, 4) is 0 Å². The largest absolute Gasteiger partial charge is 0.241 e. The van der Waals surface area contributed by atoms with Gasteiger partial charge in [-0.15, -0.1) is 0 Å². The number of rotatable bonds is 1. The monoisotopic (exact) mass is 160 g/mol. The highest BCUT2D eigenvalue weighted by molar-refractivity contribution is 5.09. The molecule has 62 valence electrons. The average molecular weight is 160 g/mol. The fourth-order valence-electron chi connectivity index (χ4n) is 1.53. The topological polar surface area (TPSA) is 25.8 Å². The fraction of sp³-hybridized carbons (Fsp3) is 0.400. The number of nitrogens with zero attached hydrogens (tertiary/aromatic N) is 2. The van der Waals surface area contributed by atoms with Gasteiger partial charge >= 0.3 is 0 Å². The second-order valence-electron chi connectivity index (χ2n) is 3.07. The zero-order chi connectivity index (χ0) is 8.23. The molecule has 0 fully saturated rings. The van der Waals surface area contributed by atoms with E-state index in [0.717, 1.165) is 5.82 Å². The summed E-state index contributed by atoms with van der Waals surface area (Å²) in [5.41, 5.74) is 0. The molecule has 0 amide bonds. The molecule has 2 nitrogen and oxygen atoms in total. The lowest BCUT2D eigenvalue weighted by atomic mass is 9.95. The Bertz CT molecular complexity index is 266. The van der Waals surface area contributed by atoms with Crippen molar-refractivity contribution < 1.29 is 0 Å². The first-order valence-electron chi connectivity index (χ1n) is 4.40. The Kier molecular flexibility index (Phi) is 2.16. The highest BCUT2D eigenvalue weighted by Gasteiger charge is 2.12. The van der Waals surface area contributed by atoms with Crippen molar-refractivity contribution in [1.82, 2.24) is 9.97 Å². The standard InChI is InChI=1S/C10H12N2/c1-2-5-9(6-3-1)10-11-7-4-8-12-10/h2,4-5,7-9H,1,3,6H2/t9-/m1/s1. The molecule has 0 saturated heterocycles. The predicted octanol–water partition coefficient (Wildman–Crippen LogP) is 2.30. The smallest absolute Gasteiger partial charge is 0.135 e. The minimum absolute atomic E-state index is 0.458. The van der Waals surface area contributed by atoms with Crippen molar-refractivity contribution in [2.45, 2.75) is 25.2 Å². The summed E-state index contributed by atoms with van der Waals surface area (Å²) in [6.45, 7) is 0. The normalized spacial score (nSPS) is 22.5. The van der Waals surface area contributed by atoms with Crippen LogP contribution in [0, 0.1) is 0 Å². The molecule has 1 heterocycles. The molecule has 0 unspecified atom stereocenters. The van der Waals surface area contributed by atoms with E-state index in [1.807, 2.05) is 18.5 Å². The lowest BCUT2D eigenvalue weighted by Gasteiger charge is -2.13. The van der Waals surface area contributed by atoms with Crippen molar-refractivity contribution >= 4 is 0 Å². The molecule has 0 aliphatic heterocycles. The molecule has 0 bridgehead atoms. The van der Waals surface area contributed by atoms with E-state index in [4.69, 9.17) is 0 Å². The highest BCUT2D eigenvalue weighted by Crippen LogP contribution is 2.24. The van der Waals surface area contributed by atoms with Gasteiger partial charge in [-0.25, -0.2) is 9.97 Å². The van der Waals surface area contributed by atoms with Crippen molar-refractivity contribution in [2.24, 2.45) is 0 Å². The average Bonchev–Trinajstić information content (AvgIpc) is 2.21. The van der Waals surface area contributed by atoms with E-state index in [0.29, 0.717) is 5.92 Å². The molecule has 0 saturated carbocycles. The SMILES string of the molecule is C1=C[C@@H](c2ncccn2)CCC1. The molecule has 1 aromatic heterocycles. The van der Waals surface area contributed by atoms with Gasteiger partial charge in [-0.1, -0.05) is 12.2 Å². The van der Waals surface area contributed by atoms with Crippen LogP contribution in [0.25, 0.3) is 0 Å². The van der Waals surface area contributed by atoms with E-state index >= 15 is 0 Å². The first kappa shape index (κ1) is 7.47. The first-order chi connectivity index (χ1) is 5.97. The van der Waals surface area contributed by atoms with Crippen LogP contribution < -0.4 is 0 Å². The number of allylic oxidation sites excluding steroid dienone is 2. The zero-order valence-corrected chi connectivity index (χ0v) is 6.98. The van der Waals surface area contributed by atoms with E-state index < -0.39 is 0 Å². The Hall–Kier alpha value is -1.18. The van der Waals surface area contributed by atoms with Gasteiger partial charge in [-0.05, 0) is 25.3 Å². The summed E-state index contributed by atoms with van der Waals surface area (Å²) in [7, 11) is 0. The maximum atomic E-state index is 4.24. The second kappa shape index (κ2) is 3.48. The molecule has 1 aromatic rings. The van der Waals surface area contributed by atoms with Crippen LogP contribution in [-0.2, 0) is 0 Å². The molecule has 0 spiro atoms. The van der Waals surface area contributed by atoms with Crippen molar-refractivity contribution in [3.63, 3.8) is 0 Å². The third-order valence-corrected chi connectivity index (χ3v) is 2.17. The summed E-state index contributed by atoms with van der Waals surface area (Å²) < 4.78 is 0. The van der Waals surface area contributed by atoms with Gasteiger partial charge in [0, 0.05) is 18.3 Å². The first-order valence-corrected chi connectivity index (χ1v) is 4.40. The van der Waals surface area contributed by atoms with Crippen LogP contribution in [0.1, 0.15) is 31.0 Å². The van der Waals surface area contributed by atoms with Crippen LogP contribution in [-0.4, -0.2) is 9.97 Å². The number of aromatic nitrogens is 2. The third-order valence-electron chi connectivity index (χ3n) is 2.17. The van der Waals surface area contributed by atoms with Crippen LogP contribution in [0.2, 0.25) is 0 Å². The maximum absolute atomic E-state index is 4.24. The molecule has 1 aliphatic carbocycles. The lowest BCUT2D eigenvalue weighted by molar-refractivity contribution is 0.625. The lowest BCUT2D eigenvalue weighted by Crippen LogP contribution is -2.03. The molecule has 0 aromatic carbocycles. The molecule has 0 radical (unpaired) electrons. The van der Waals surface area contributed by atoms with E-state index in [-0.39, 0.29) is 0 Å². The van der Waals surface area contributed by atoms with Crippen molar-refractivity contribution in [2.75, 3.05) is 0 Å². The van der Waals surface area contributed by atoms with Crippen molar-refractivity contribution in [3.05, 3.63) is 36.4 Å².